The predicted molar refractivity (Wildman–Crippen MR) is 66.6 cm³/mol. The van der Waals surface area contributed by atoms with Crippen LogP contribution in [0.4, 0.5) is 5.95 Å². The van der Waals surface area contributed by atoms with Crippen LogP contribution in [0.25, 0.3) is 0 Å². The number of anilines is 1. The van der Waals surface area contributed by atoms with Crippen LogP contribution in [0.1, 0.15) is 26.2 Å². The molecule has 1 atom stereocenters. The Kier molecular flexibility index (Phi) is 5.27. The van der Waals surface area contributed by atoms with Crippen molar-refractivity contribution in [3.8, 4) is 0 Å². The largest absolute Gasteiger partial charge is 0.468 e. The van der Waals surface area contributed by atoms with Crippen molar-refractivity contribution in [2.45, 2.75) is 36.6 Å². The van der Waals surface area contributed by atoms with Gasteiger partial charge in [-0.15, -0.1) is 10.2 Å². The minimum Gasteiger partial charge on any atom is -0.468 e. The Balaban J connectivity index is 2.71. The van der Waals surface area contributed by atoms with Crippen molar-refractivity contribution in [3.63, 3.8) is 0 Å². The van der Waals surface area contributed by atoms with Crippen molar-refractivity contribution < 1.29 is 9.53 Å². The molecule has 0 aliphatic rings. The third-order valence-corrected chi connectivity index (χ3v) is 3.68. The molecule has 17 heavy (non-hydrogen) atoms. The lowest BCUT2D eigenvalue weighted by Crippen LogP contribution is -2.19. The second-order valence-electron chi connectivity index (χ2n) is 3.67. The van der Waals surface area contributed by atoms with Gasteiger partial charge in [0.1, 0.15) is 5.25 Å². The number of nitrogens with zero attached hydrogens (tertiary/aromatic N) is 3. The van der Waals surface area contributed by atoms with Crippen molar-refractivity contribution in [1.82, 2.24) is 14.8 Å². The van der Waals surface area contributed by atoms with E-state index in [-0.39, 0.29) is 11.2 Å². The second-order valence-corrected chi connectivity index (χ2v) is 4.84. The lowest BCUT2D eigenvalue weighted by Gasteiger charge is -2.12. The van der Waals surface area contributed by atoms with Crippen molar-refractivity contribution >= 4 is 23.7 Å². The molecule has 6 nitrogen and oxygen atoms in total. The van der Waals surface area contributed by atoms with Gasteiger partial charge in [-0.25, -0.2) is 0 Å². The van der Waals surface area contributed by atoms with E-state index >= 15 is 0 Å². The normalized spacial score (nSPS) is 12.4. The Hall–Kier alpha value is -1.24. The molecule has 0 saturated heterocycles. The van der Waals surface area contributed by atoms with Crippen molar-refractivity contribution in [2.24, 2.45) is 7.05 Å². The number of esters is 1. The fraction of sp³-hybridized carbons (Fsp3) is 0.700. The van der Waals surface area contributed by atoms with Gasteiger partial charge in [0.2, 0.25) is 5.95 Å². The van der Waals surface area contributed by atoms with Crippen LogP contribution in [0.3, 0.4) is 0 Å². The number of methoxy groups -OCH3 is 1. The van der Waals surface area contributed by atoms with Crippen LogP contribution in [-0.2, 0) is 16.6 Å². The molecule has 0 amide bonds. The molecule has 1 heterocycles. The number of rotatable bonds is 6. The zero-order valence-corrected chi connectivity index (χ0v) is 11.2. The summed E-state index contributed by atoms with van der Waals surface area (Å²) in [4.78, 5) is 11.6. The highest BCUT2D eigenvalue weighted by atomic mass is 32.2. The zero-order chi connectivity index (χ0) is 12.8. The molecule has 1 aromatic heterocycles. The van der Waals surface area contributed by atoms with Crippen LogP contribution in [-0.4, -0.2) is 33.1 Å². The number of hydrogen-bond acceptors (Lipinski definition) is 6. The fourth-order valence-electron chi connectivity index (χ4n) is 1.30. The van der Waals surface area contributed by atoms with Crippen LogP contribution in [0.2, 0.25) is 0 Å². The van der Waals surface area contributed by atoms with Gasteiger partial charge < -0.3 is 10.5 Å². The van der Waals surface area contributed by atoms with Crippen molar-refractivity contribution in [2.75, 3.05) is 12.8 Å². The third-order valence-electron chi connectivity index (χ3n) is 2.40. The Labute approximate surface area is 105 Å². The average Bonchev–Trinajstić information content (AvgIpc) is 2.65. The van der Waals surface area contributed by atoms with Gasteiger partial charge in [-0.3, -0.25) is 9.36 Å². The first-order chi connectivity index (χ1) is 8.10. The monoisotopic (exact) mass is 258 g/mol. The van der Waals surface area contributed by atoms with Gasteiger partial charge in [-0.05, 0) is 6.42 Å². The highest BCUT2D eigenvalue weighted by Gasteiger charge is 2.22. The summed E-state index contributed by atoms with van der Waals surface area (Å²) in [5.74, 6) is 0.108. The number of nitrogens with two attached hydrogens (primary N) is 1. The summed E-state index contributed by atoms with van der Waals surface area (Å²) in [7, 11) is 3.17. The lowest BCUT2D eigenvalue weighted by molar-refractivity contribution is -0.140. The Morgan fingerprint density at radius 1 is 1.59 bits per heavy atom. The molecule has 96 valence electrons. The maximum absolute atomic E-state index is 11.6. The van der Waals surface area contributed by atoms with Crippen molar-refractivity contribution in [3.05, 3.63) is 0 Å². The first-order valence-corrected chi connectivity index (χ1v) is 6.37. The molecule has 0 bridgehead atoms. The Bertz CT molecular complexity index is 380. The second kappa shape index (κ2) is 6.48. The molecule has 1 aromatic rings. The van der Waals surface area contributed by atoms with Gasteiger partial charge in [0, 0.05) is 7.05 Å². The van der Waals surface area contributed by atoms with E-state index < -0.39 is 0 Å². The third kappa shape index (κ3) is 3.62. The van der Waals surface area contributed by atoms with E-state index in [1.807, 2.05) is 0 Å². The SMILES string of the molecule is CCCCC(Sc1nnc(N)n1C)C(=O)OC. The molecule has 0 aromatic carbocycles. The minimum absolute atomic E-state index is 0.231. The van der Waals surface area contributed by atoms with Gasteiger partial charge in [-0.1, -0.05) is 31.5 Å². The van der Waals surface area contributed by atoms with Crippen LogP contribution < -0.4 is 5.73 Å². The average molecular weight is 258 g/mol. The molecule has 0 aliphatic heterocycles. The fourth-order valence-corrected chi connectivity index (χ4v) is 2.37. The molecule has 1 unspecified atom stereocenters. The van der Waals surface area contributed by atoms with E-state index in [0.29, 0.717) is 11.1 Å². The Morgan fingerprint density at radius 3 is 2.76 bits per heavy atom. The van der Waals surface area contributed by atoms with E-state index in [0.717, 1.165) is 19.3 Å². The summed E-state index contributed by atoms with van der Waals surface area (Å²) in [6.45, 7) is 2.08. The molecule has 0 spiro atoms. The van der Waals surface area contributed by atoms with E-state index in [9.17, 15) is 4.79 Å². The quantitative estimate of drug-likeness (QED) is 0.610. The standard InChI is InChI=1S/C10H18N4O2S/c1-4-5-6-7(8(15)16-3)17-10-13-12-9(11)14(10)2/h7H,4-6H2,1-3H3,(H2,11,12). The topological polar surface area (TPSA) is 83.0 Å². The molecule has 1 rings (SSSR count). The molecule has 0 aliphatic carbocycles. The van der Waals surface area contributed by atoms with Gasteiger partial charge in [-0.2, -0.15) is 0 Å². The number of carbonyl (C=O) groups is 1. The molecular formula is C10H18N4O2S. The van der Waals surface area contributed by atoms with E-state index in [1.54, 1.807) is 11.6 Å². The van der Waals surface area contributed by atoms with Crippen LogP contribution in [0, 0.1) is 0 Å². The van der Waals surface area contributed by atoms with Gasteiger partial charge in [0.25, 0.3) is 0 Å². The zero-order valence-electron chi connectivity index (χ0n) is 10.3. The molecule has 2 N–H and O–H groups in total. The summed E-state index contributed by atoms with van der Waals surface area (Å²) in [5.41, 5.74) is 5.58. The number of nitrogen functional groups attached to an aromatic ring is 1. The Morgan fingerprint density at radius 2 is 2.29 bits per heavy atom. The van der Waals surface area contributed by atoms with Crippen LogP contribution in [0.5, 0.6) is 0 Å². The van der Waals surface area contributed by atoms with Crippen LogP contribution >= 0.6 is 11.8 Å². The number of hydrogen-bond donors (Lipinski definition) is 1. The van der Waals surface area contributed by atoms with E-state index in [2.05, 4.69) is 17.1 Å². The summed E-state index contributed by atoms with van der Waals surface area (Å²) in [6.07, 6.45) is 2.77. The smallest absolute Gasteiger partial charge is 0.319 e. The van der Waals surface area contributed by atoms with Gasteiger partial charge in [0.15, 0.2) is 5.16 Å². The number of aromatic nitrogens is 3. The van der Waals surface area contributed by atoms with Gasteiger partial charge in [0.05, 0.1) is 7.11 Å². The van der Waals surface area contributed by atoms with Gasteiger partial charge >= 0.3 is 5.97 Å². The number of carbonyl (C=O) groups excluding carboxylic acids is 1. The van der Waals surface area contributed by atoms with E-state index in [1.165, 1.54) is 18.9 Å². The van der Waals surface area contributed by atoms with Crippen molar-refractivity contribution in [1.29, 1.82) is 0 Å². The molecule has 0 fully saturated rings. The highest BCUT2D eigenvalue weighted by molar-refractivity contribution is 8.00. The first-order valence-electron chi connectivity index (χ1n) is 5.49. The lowest BCUT2D eigenvalue weighted by atomic mass is 10.2. The highest BCUT2D eigenvalue weighted by Crippen LogP contribution is 2.26. The van der Waals surface area contributed by atoms with Crippen LogP contribution in [0.15, 0.2) is 5.16 Å². The number of ether oxygens (including phenoxy) is 1. The maximum atomic E-state index is 11.6. The number of thioether (sulfide) groups is 1. The molecule has 0 saturated carbocycles. The van der Waals surface area contributed by atoms with E-state index in [4.69, 9.17) is 10.5 Å². The summed E-state index contributed by atoms with van der Waals surface area (Å²) < 4.78 is 6.44. The molecule has 7 heteroatoms. The maximum Gasteiger partial charge on any atom is 0.319 e. The molecule has 0 radical (unpaired) electrons. The summed E-state index contributed by atoms with van der Waals surface area (Å²) in [6, 6.07) is 0. The number of unbranched alkanes of at least 4 members (excludes halogenated alkanes) is 1. The minimum atomic E-state index is -0.248. The predicted octanol–water partition coefficient (Wildman–Crippen LogP) is 1.22. The summed E-state index contributed by atoms with van der Waals surface area (Å²) >= 11 is 1.34. The first kappa shape index (κ1) is 13.8. The summed E-state index contributed by atoms with van der Waals surface area (Å²) in [5, 5.41) is 8.06. The molecular weight excluding hydrogens is 240 g/mol.